The van der Waals surface area contributed by atoms with Crippen molar-refractivity contribution in [1.82, 2.24) is 0 Å². The molecule has 0 spiro atoms. The van der Waals surface area contributed by atoms with Gasteiger partial charge in [-0.1, -0.05) is 18.2 Å². The monoisotopic (exact) mass is 202 g/mol. The first-order chi connectivity index (χ1) is 7.02. The highest BCUT2D eigenvalue weighted by Gasteiger charge is 2.27. The van der Waals surface area contributed by atoms with E-state index in [0.29, 0.717) is 6.04 Å². The SMILES string of the molecule is CC(C)N1C=CC(C)(N)c2ccccc21. The molecular formula is C13H18N2. The molecule has 1 aliphatic heterocycles. The first-order valence-corrected chi connectivity index (χ1v) is 5.38. The van der Waals surface area contributed by atoms with E-state index in [1.807, 2.05) is 13.0 Å². The van der Waals surface area contributed by atoms with Crippen molar-refractivity contribution < 1.29 is 0 Å². The van der Waals surface area contributed by atoms with E-state index in [1.54, 1.807) is 0 Å². The number of hydrogen-bond donors (Lipinski definition) is 1. The Kier molecular flexibility index (Phi) is 2.31. The van der Waals surface area contributed by atoms with Crippen LogP contribution in [0.1, 0.15) is 26.3 Å². The van der Waals surface area contributed by atoms with Gasteiger partial charge in [0.2, 0.25) is 0 Å². The second-order valence-corrected chi connectivity index (χ2v) is 4.62. The van der Waals surface area contributed by atoms with Crippen LogP contribution in [0.4, 0.5) is 5.69 Å². The van der Waals surface area contributed by atoms with Gasteiger partial charge in [0.15, 0.2) is 0 Å². The van der Waals surface area contributed by atoms with Gasteiger partial charge in [-0.3, -0.25) is 0 Å². The van der Waals surface area contributed by atoms with Crippen molar-refractivity contribution in [2.24, 2.45) is 5.73 Å². The molecule has 0 aromatic heterocycles. The molecule has 0 saturated heterocycles. The Labute approximate surface area is 91.4 Å². The van der Waals surface area contributed by atoms with E-state index in [2.05, 4.69) is 49.2 Å². The van der Waals surface area contributed by atoms with Crippen LogP contribution in [0.15, 0.2) is 36.5 Å². The van der Waals surface area contributed by atoms with Crippen LogP contribution in [-0.2, 0) is 5.54 Å². The average molecular weight is 202 g/mol. The van der Waals surface area contributed by atoms with Gasteiger partial charge < -0.3 is 10.6 Å². The molecule has 0 saturated carbocycles. The predicted octanol–water partition coefficient (Wildman–Crippen LogP) is 2.60. The molecule has 2 N–H and O–H groups in total. The van der Waals surface area contributed by atoms with Gasteiger partial charge in [-0.25, -0.2) is 0 Å². The predicted molar refractivity (Wildman–Crippen MR) is 64.7 cm³/mol. The Hall–Kier alpha value is -1.28. The number of benzene rings is 1. The van der Waals surface area contributed by atoms with Crippen LogP contribution in [0, 0.1) is 0 Å². The quantitative estimate of drug-likeness (QED) is 0.758. The van der Waals surface area contributed by atoms with Crippen molar-refractivity contribution in [1.29, 1.82) is 0 Å². The molecule has 2 rings (SSSR count). The van der Waals surface area contributed by atoms with Crippen LogP contribution in [0.5, 0.6) is 0 Å². The number of nitrogens with two attached hydrogens (primary N) is 1. The fourth-order valence-electron chi connectivity index (χ4n) is 2.01. The summed E-state index contributed by atoms with van der Waals surface area (Å²) in [7, 11) is 0. The Bertz CT molecular complexity index is 391. The fourth-order valence-corrected chi connectivity index (χ4v) is 2.01. The third-order valence-corrected chi connectivity index (χ3v) is 2.90. The number of fused-ring (bicyclic) bond motifs is 1. The molecule has 1 aliphatic rings. The van der Waals surface area contributed by atoms with E-state index >= 15 is 0 Å². The number of hydrogen-bond acceptors (Lipinski definition) is 2. The summed E-state index contributed by atoms with van der Waals surface area (Å²) < 4.78 is 0. The van der Waals surface area contributed by atoms with Crippen molar-refractivity contribution in [3.8, 4) is 0 Å². The molecule has 0 radical (unpaired) electrons. The Morgan fingerprint density at radius 1 is 1.27 bits per heavy atom. The minimum Gasteiger partial charge on any atom is -0.345 e. The third kappa shape index (κ3) is 1.65. The standard InChI is InChI=1S/C13H18N2/c1-10(2)15-9-8-13(3,14)11-6-4-5-7-12(11)15/h4-10H,14H2,1-3H3. The molecule has 2 nitrogen and oxygen atoms in total. The van der Waals surface area contributed by atoms with Gasteiger partial charge in [0.05, 0.1) is 5.54 Å². The molecule has 1 heterocycles. The van der Waals surface area contributed by atoms with Gasteiger partial charge in [0.1, 0.15) is 0 Å². The van der Waals surface area contributed by atoms with E-state index < -0.39 is 0 Å². The molecule has 0 aliphatic carbocycles. The van der Waals surface area contributed by atoms with E-state index in [4.69, 9.17) is 5.73 Å². The summed E-state index contributed by atoms with van der Waals surface area (Å²) in [5.74, 6) is 0. The molecule has 1 atom stereocenters. The van der Waals surface area contributed by atoms with Crippen molar-refractivity contribution in [3.05, 3.63) is 42.1 Å². The van der Waals surface area contributed by atoms with Gasteiger partial charge in [-0.05, 0) is 38.5 Å². The smallest absolute Gasteiger partial charge is 0.0604 e. The van der Waals surface area contributed by atoms with Crippen LogP contribution in [0.3, 0.4) is 0 Å². The van der Waals surface area contributed by atoms with E-state index in [9.17, 15) is 0 Å². The molecule has 0 bridgehead atoms. The number of rotatable bonds is 1. The van der Waals surface area contributed by atoms with E-state index in [-0.39, 0.29) is 5.54 Å². The summed E-state index contributed by atoms with van der Waals surface area (Å²) in [5.41, 5.74) is 8.31. The van der Waals surface area contributed by atoms with Crippen molar-refractivity contribution in [3.63, 3.8) is 0 Å². The number of nitrogens with zero attached hydrogens (tertiary/aromatic N) is 1. The lowest BCUT2D eigenvalue weighted by Crippen LogP contribution is -2.39. The van der Waals surface area contributed by atoms with Crippen molar-refractivity contribution in [2.75, 3.05) is 4.90 Å². The highest BCUT2D eigenvalue weighted by molar-refractivity contribution is 5.62. The first kappa shape index (κ1) is 10.2. The highest BCUT2D eigenvalue weighted by atomic mass is 15.1. The molecule has 2 heteroatoms. The summed E-state index contributed by atoms with van der Waals surface area (Å²) in [6, 6.07) is 8.79. The van der Waals surface area contributed by atoms with Gasteiger partial charge in [0.25, 0.3) is 0 Å². The average Bonchev–Trinajstić information content (AvgIpc) is 2.17. The maximum atomic E-state index is 6.24. The third-order valence-electron chi connectivity index (χ3n) is 2.90. The van der Waals surface area contributed by atoms with Crippen LogP contribution in [-0.4, -0.2) is 6.04 Å². The highest BCUT2D eigenvalue weighted by Crippen LogP contribution is 2.35. The van der Waals surface area contributed by atoms with Gasteiger partial charge in [0, 0.05) is 17.9 Å². The minimum absolute atomic E-state index is 0.345. The minimum atomic E-state index is -0.345. The second-order valence-electron chi connectivity index (χ2n) is 4.62. The maximum absolute atomic E-state index is 6.24. The first-order valence-electron chi connectivity index (χ1n) is 5.38. The fraction of sp³-hybridized carbons (Fsp3) is 0.385. The van der Waals surface area contributed by atoms with Crippen LogP contribution in [0.25, 0.3) is 0 Å². The zero-order chi connectivity index (χ0) is 11.1. The van der Waals surface area contributed by atoms with Crippen molar-refractivity contribution >= 4 is 5.69 Å². The Balaban J connectivity index is 2.55. The maximum Gasteiger partial charge on any atom is 0.0604 e. The molecule has 1 unspecified atom stereocenters. The Morgan fingerprint density at radius 2 is 1.93 bits per heavy atom. The lowest BCUT2D eigenvalue weighted by Gasteiger charge is -2.36. The molecule has 15 heavy (non-hydrogen) atoms. The summed E-state index contributed by atoms with van der Waals surface area (Å²) in [5, 5.41) is 0. The molecule has 0 fully saturated rings. The Morgan fingerprint density at radius 3 is 2.60 bits per heavy atom. The topological polar surface area (TPSA) is 29.3 Å². The van der Waals surface area contributed by atoms with Crippen molar-refractivity contribution in [2.45, 2.75) is 32.4 Å². The lowest BCUT2D eigenvalue weighted by molar-refractivity contribution is 0.605. The summed E-state index contributed by atoms with van der Waals surface area (Å²) in [4.78, 5) is 2.25. The van der Waals surface area contributed by atoms with Gasteiger partial charge >= 0.3 is 0 Å². The number of para-hydroxylation sites is 1. The molecule has 80 valence electrons. The molecule has 1 aromatic rings. The normalized spacial score (nSPS) is 24.5. The van der Waals surface area contributed by atoms with Crippen LogP contribution >= 0.6 is 0 Å². The van der Waals surface area contributed by atoms with Crippen LogP contribution < -0.4 is 10.6 Å². The van der Waals surface area contributed by atoms with Gasteiger partial charge in [-0.15, -0.1) is 0 Å². The summed E-state index contributed by atoms with van der Waals surface area (Å²) in [6.45, 7) is 6.40. The zero-order valence-corrected chi connectivity index (χ0v) is 9.57. The zero-order valence-electron chi connectivity index (χ0n) is 9.57. The summed E-state index contributed by atoms with van der Waals surface area (Å²) in [6.07, 6.45) is 4.16. The molecule has 0 amide bonds. The van der Waals surface area contributed by atoms with E-state index in [0.717, 1.165) is 0 Å². The lowest BCUT2D eigenvalue weighted by atomic mass is 9.88. The summed E-state index contributed by atoms with van der Waals surface area (Å²) >= 11 is 0. The largest absolute Gasteiger partial charge is 0.345 e. The molecule has 1 aromatic carbocycles. The van der Waals surface area contributed by atoms with Crippen LogP contribution in [0.2, 0.25) is 0 Å². The second kappa shape index (κ2) is 3.38. The number of anilines is 1. The van der Waals surface area contributed by atoms with E-state index in [1.165, 1.54) is 11.3 Å². The van der Waals surface area contributed by atoms with Gasteiger partial charge in [-0.2, -0.15) is 0 Å². The molecular weight excluding hydrogens is 184 g/mol.